The van der Waals surface area contributed by atoms with Gasteiger partial charge in [0.05, 0.1) is 10.3 Å². The molecule has 0 radical (unpaired) electrons. The van der Waals surface area contributed by atoms with Crippen molar-refractivity contribution in [2.24, 2.45) is 4.99 Å². The standard InChI is InChI=1S/C30H29NOS2/c1-22-11-10-12-26(19-22)32-29(31-25-18-17-23(2)24(3)20-25)21-30(33-27-13-6-4-7-14-27)34-28-15-8-5-9-16-28/h4-20,30H,21H2,1-3H3. The maximum absolute atomic E-state index is 6.40. The topological polar surface area (TPSA) is 21.6 Å². The zero-order valence-electron chi connectivity index (χ0n) is 19.8. The van der Waals surface area contributed by atoms with E-state index in [1.54, 1.807) is 0 Å². The van der Waals surface area contributed by atoms with E-state index in [2.05, 4.69) is 112 Å². The molecule has 0 atom stereocenters. The molecule has 4 aromatic rings. The van der Waals surface area contributed by atoms with E-state index >= 15 is 0 Å². The number of ether oxygens (including phenoxy) is 1. The van der Waals surface area contributed by atoms with E-state index in [4.69, 9.17) is 9.73 Å². The molecule has 0 amide bonds. The van der Waals surface area contributed by atoms with E-state index in [0.29, 0.717) is 12.3 Å². The van der Waals surface area contributed by atoms with Crippen LogP contribution in [0.25, 0.3) is 0 Å². The minimum Gasteiger partial charge on any atom is -0.443 e. The molecule has 0 aliphatic carbocycles. The molecular formula is C30H29NOS2. The van der Waals surface area contributed by atoms with Crippen molar-refractivity contribution < 1.29 is 4.74 Å². The fourth-order valence-corrected chi connectivity index (χ4v) is 5.96. The van der Waals surface area contributed by atoms with Gasteiger partial charge in [0, 0.05) is 16.2 Å². The lowest BCUT2D eigenvalue weighted by atomic mass is 10.1. The summed E-state index contributed by atoms with van der Waals surface area (Å²) in [5.74, 6) is 1.53. The van der Waals surface area contributed by atoms with Crippen molar-refractivity contribution >= 4 is 35.1 Å². The monoisotopic (exact) mass is 483 g/mol. The lowest BCUT2D eigenvalue weighted by Crippen LogP contribution is -2.14. The molecule has 0 fully saturated rings. The van der Waals surface area contributed by atoms with Crippen LogP contribution in [-0.2, 0) is 0 Å². The highest BCUT2D eigenvalue weighted by Crippen LogP contribution is 2.38. The number of rotatable bonds is 8. The molecule has 0 spiro atoms. The van der Waals surface area contributed by atoms with Crippen molar-refractivity contribution in [3.8, 4) is 5.75 Å². The van der Waals surface area contributed by atoms with Crippen molar-refractivity contribution in [3.63, 3.8) is 0 Å². The second kappa shape index (κ2) is 12.0. The van der Waals surface area contributed by atoms with Crippen LogP contribution in [0.2, 0.25) is 0 Å². The van der Waals surface area contributed by atoms with Gasteiger partial charge in [-0.2, -0.15) is 0 Å². The summed E-state index contributed by atoms with van der Waals surface area (Å²) >= 11 is 3.69. The third kappa shape index (κ3) is 7.28. The van der Waals surface area contributed by atoms with Crippen LogP contribution in [0.1, 0.15) is 23.1 Å². The van der Waals surface area contributed by atoms with Gasteiger partial charge in [0.25, 0.3) is 0 Å². The number of aryl methyl sites for hydroxylation is 3. The maximum Gasteiger partial charge on any atom is 0.197 e. The first-order valence-electron chi connectivity index (χ1n) is 11.4. The van der Waals surface area contributed by atoms with Gasteiger partial charge in [0.1, 0.15) is 5.75 Å². The molecule has 34 heavy (non-hydrogen) atoms. The predicted octanol–water partition coefficient (Wildman–Crippen LogP) is 9.02. The lowest BCUT2D eigenvalue weighted by molar-refractivity contribution is 0.535. The molecule has 0 unspecified atom stereocenters. The van der Waals surface area contributed by atoms with Gasteiger partial charge in [-0.15, -0.1) is 23.5 Å². The summed E-state index contributed by atoms with van der Waals surface area (Å²) in [5, 5.41) is 0. The second-order valence-corrected chi connectivity index (χ2v) is 11.0. The molecule has 0 N–H and O–H groups in total. The highest BCUT2D eigenvalue weighted by Gasteiger charge is 2.18. The van der Waals surface area contributed by atoms with Gasteiger partial charge in [-0.3, -0.25) is 0 Å². The van der Waals surface area contributed by atoms with Gasteiger partial charge in [-0.05, 0) is 86.0 Å². The van der Waals surface area contributed by atoms with Crippen molar-refractivity contribution in [3.05, 3.63) is 120 Å². The fourth-order valence-electron chi connectivity index (χ4n) is 3.42. The number of benzene rings is 4. The molecule has 4 rings (SSSR count). The zero-order chi connectivity index (χ0) is 23.8. The lowest BCUT2D eigenvalue weighted by Gasteiger charge is -2.18. The van der Waals surface area contributed by atoms with Crippen LogP contribution in [0.5, 0.6) is 5.75 Å². The van der Waals surface area contributed by atoms with E-state index in [1.807, 2.05) is 35.7 Å². The second-order valence-electron chi connectivity index (χ2n) is 8.19. The maximum atomic E-state index is 6.40. The minimum absolute atomic E-state index is 0.194. The Morgan fingerprint density at radius 3 is 1.94 bits per heavy atom. The molecular weight excluding hydrogens is 454 g/mol. The Morgan fingerprint density at radius 1 is 0.706 bits per heavy atom. The quantitative estimate of drug-likeness (QED) is 0.108. The number of hydrogen-bond donors (Lipinski definition) is 0. The van der Waals surface area contributed by atoms with E-state index in [0.717, 1.165) is 17.0 Å². The molecule has 2 nitrogen and oxygen atoms in total. The molecule has 0 bridgehead atoms. The smallest absolute Gasteiger partial charge is 0.197 e. The van der Waals surface area contributed by atoms with Crippen molar-refractivity contribution in [2.75, 3.05) is 0 Å². The van der Waals surface area contributed by atoms with Crippen LogP contribution in [0.3, 0.4) is 0 Å². The van der Waals surface area contributed by atoms with E-state index in [1.165, 1.54) is 20.9 Å². The van der Waals surface area contributed by atoms with Crippen molar-refractivity contribution in [2.45, 2.75) is 41.6 Å². The first kappa shape index (κ1) is 24.2. The van der Waals surface area contributed by atoms with Gasteiger partial charge >= 0.3 is 0 Å². The Kier molecular flexibility index (Phi) is 8.51. The average molecular weight is 484 g/mol. The van der Waals surface area contributed by atoms with Crippen molar-refractivity contribution in [1.82, 2.24) is 0 Å². The van der Waals surface area contributed by atoms with Gasteiger partial charge in [-0.25, -0.2) is 4.99 Å². The Bertz CT molecular complexity index is 1200. The van der Waals surface area contributed by atoms with Gasteiger partial charge in [0.15, 0.2) is 5.90 Å². The van der Waals surface area contributed by atoms with Gasteiger partial charge in [0.2, 0.25) is 0 Å². The molecule has 0 aliphatic heterocycles. The summed E-state index contributed by atoms with van der Waals surface area (Å²) in [7, 11) is 0. The minimum atomic E-state index is 0.194. The van der Waals surface area contributed by atoms with Crippen LogP contribution in [0, 0.1) is 20.8 Å². The summed E-state index contributed by atoms with van der Waals surface area (Å²) in [6, 6.07) is 35.5. The van der Waals surface area contributed by atoms with Crippen LogP contribution < -0.4 is 4.74 Å². The number of aliphatic imine (C=N–C) groups is 1. The third-order valence-electron chi connectivity index (χ3n) is 5.33. The number of thioether (sulfide) groups is 2. The van der Waals surface area contributed by atoms with Gasteiger partial charge < -0.3 is 4.74 Å². The summed E-state index contributed by atoms with van der Waals surface area (Å²) in [6.45, 7) is 6.32. The third-order valence-corrected chi connectivity index (χ3v) is 7.86. The van der Waals surface area contributed by atoms with Crippen LogP contribution >= 0.6 is 23.5 Å². The number of hydrogen-bond acceptors (Lipinski definition) is 4. The highest BCUT2D eigenvalue weighted by molar-refractivity contribution is 8.17. The van der Waals surface area contributed by atoms with Crippen LogP contribution in [-0.4, -0.2) is 10.5 Å². The van der Waals surface area contributed by atoms with E-state index < -0.39 is 0 Å². The van der Waals surface area contributed by atoms with Crippen molar-refractivity contribution in [1.29, 1.82) is 0 Å². The summed E-state index contributed by atoms with van der Waals surface area (Å²) in [6.07, 6.45) is 0.681. The highest BCUT2D eigenvalue weighted by atomic mass is 32.2. The summed E-state index contributed by atoms with van der Waals surface area (Å²) < 4.78 is 6.59. The zero-order valence-corrected chi connectivity index (χ0v) is 21.4. The van der Waals surface area contributed by atoms with Gasteiger partial charge in [-0.1, -0.05) is 54.6 Å². The molecule has 4 aromatic carbocycles. The summed E-state index contributed by atoms with van der Waals surface area (Å²) in [4.78, 5) is 7.44. The Balaban J connectivity index is 1.65. The first-order valence-corrected chi connectivity index (χ1v) is 13.1. The fraction of sp³-hybridized carbons (Fsp3) is 0.167. The average Bonchev–Trinajstić information content (AvgIpc) is 2.83. The SMILES string of the molecule is Cc1cccc(OC(CC(Sc2ccccc2)Sc2ccccc2)=Nc2ccc(C)c(C)c2)c1. The first-order chi connectivity index (χ1) is 16.5. The Labute approximate surface area is 211 Å². The molecule has 172 valence electrons. The summed E-state index contributed by atoms with van der Waals surface area (Å²) in [5.41, 5.74) is 4.57. The van der Waals surface area contributed by atoms with Crippen LogP contribution in [0.4, 0.5) is 5.69 Å². The predicted molar refractivity (Wildman–Crippen MR) is 148 cm³/mol. The molecule has 0 aromatic heterocycles. The molecule has 4 heteroatoms. The molecule has 0 heterocycles. The van der Waals surface area contributed by atoms with E-state index in [-0.39, 0.29) is 4.58 Å². The Hall–Kier alpha value is -2.95. The van der Waals surface area contributed by atoms with Crippen LogP contribution in [0.15, 0.2) is 118 Å². The largest absolute Gasteiger partial charge is 0.443 e. The number of nitrogens with zero attached hydrogens (tertiary/aromatic N) is 1. The molecule has 0 saturated carbocycles. The molecule has 0 saturated heterocycles. The Morgan fingerprint density at radius 2 is 1.35 bits per heavy atom. The molecule has 0 aliphatic rings. The normalized spacial score (nSPS) is 11.6. The van der Waals surface area contributed by atoms with E-state index in [9.17, 15) is 0 Å².